The molecule has 0 aromatic heterocycles. The van der Waals surface area contributed by atoms with Gasteiger partial charge in [-0.3, -0.25) is 0 Å². The van der Waals surface area contributed by atoms with Crippen LogP contribution in [-0.2, 0) is 0 Å². The third-order valence-corrected chi connectivity index (χ3v) is 12.1. The molecule has 6 N–H and O–H groups in total. The van der Waals surface area contributed by atoms with Crippen LogP contribution in [0, 0.1) is 46.3 Å². The number of aliphatic hydroxyl groups is 2. The molecule has 0 aromatic rings. The van der Waals surface area contributed by atoms with Crippen LogP contribution in [0.2, 0.25) is 0 Å². The van der Waals surface area contributed by atoms with Crippen LogP contribution in [0.25, 0.3) is 0 Å². The highest BCUT2D eigenvalue weighted by Gasteiger charge is 2.61. The van der Waals surface area contributed by atoms with Gasteiger partial charge in [0.15, 0.2) is 0 Å². The number of allylic oxidation sites excluding steroid dienone is 1. The van der Waals surface area contributed by atoms with E-state index in [1.54, 1.807) is 5.57 Å². The Kier molecular flexibility index (Phi) is 11.0. The standard InChI is InChI=1S/C34H63N3O2/c1-23(2)10-8-11-24(3)27-12-13-28-26-22-31(37-19-9-18-36-17-7-6-16-35)30-20-25(38)21-32(39)34(30,5)29(26)14-15-33(27,28)4/h22-25,27-32,36-39H,6-21,35H2,1-5H3/t24-,25-,27-,28+,29+,30?,31-,32?,33-,34-/m1/s1. The van der Waals surface area contributed by atoms with Crippen LogP contribution in [0.1, 0.15) is 112 Å². The number of nitrogens with one attached hydrogen (secondary N) is 2. The van der Waals surface area contributed by atoms with E-state index in [4.69, 9.17) is 5.73 Å². The zero-order valence-electron chi connectivity index (χ0n) is 26.1. The van der Waals surface area contributed by atoms with Crippen LogP contribution in [0.15, 0.2) is 11.6 Å². The van der Waals surface area contributed by atoms with E-state index in [0.29, 0.717) is 29.6 Å². The summed E-state index contributed by atoms with van der Waals surface area (Å²) in [5.41, 5.74) is 7.53. The maximum Gasteiger partial charge on any atom is 0.0627 e. The molecule has 0 saturated heterocycles. The van der Waals surface area contributed by atoms with E-state index in [1.165, 1.54) is 44.9 Å². The van der Waals surface area contributed by atoms with Crippen LogP contribution in [-0.4, -0.2) is 54.6 Å². The van der Waals surface area contributed by atoms with Gasteiger partial charge in [0.25, 0.3) is 0 Å². The average molecular weight is 546 g/mol. The molecule has 0 aliphatic heterocycles. The fourth-order valence-corrected chi connectivity index (χ4v) is 9.87. The molecule has 4 aliphatic rings. The fourth-order valence-electron chi connectivity index (χ4n) is 9.87. The van der Waals surface area contributed by atoms with Crippen molar-refractivity contribution >= 4 is 0 Å². The molecule has 2 unspecified atom stereocenters. The predicted molar refractivity (Wildman–Crippen MR) is 163 cm³/mol. The Morgan fingerprint density at radius 3 is 2.44 bits per heavy atom. The largest absolute Gasteiger partial charge is 0.393 e. The molecule has 10 atom stereocenters. The van der Waals surface area contributed by atoms with Gasteiger partial charge in [-0.1, -0.05) is 65.5 Å². The Morgan fingerprint density at radius 2 is 1.69 bits per heavy atom. The molecular formula is C34H63N3O2. The van der Waals surface area contributed by atoms with E-state index in [0.717, 1.165) is 69.6 Å². The Bertz CT molecular complexity index is 801. The van der Waals surface area contributed by atoms with Crippen molar-refractivity contribution in [3.63, 3.8) is 0 Å². The summed E-state index contributed by atoms with van der Waals surface area (Å²) >= 11 is 0. The minimum absolute atomic E-state index is 0.149. The molecule has 3 saturated carbocycles. The molecular weight excluding hydrogens is 482 g/mol. The molecule has 0 spiro atoms. The summed E-state index contributed by atoms with van der Waals surface area (Å²) in [6, 6.07) is 0.243. The van der Waals surface area contributed by atoms with Crippen LogP contribution in [0.5, 0.6) is 0 Å². The van der Waals surface area contributed by atoms with Crippen molar-refractivity contribution in [2.24, 2.45) is 52.1 Å². The average Bonchev–Trinajstić information content (AvgIpc) is 3.24. The first-order valence-corrected chi connectivity index (χ1v) is 16.8. The maximum atomic E-state index is 11.6. The second-order valence-electron chi connectivity index (χ2n) is 15.0. The van der Waals surface area contributed by atoms with Crippen molar-refractivity contribution < 1.29 is 10.2 Å². The number of hydrogen-bond acceptors (Lipinski definition) is 5. The van der Waals surface area contributed by atoms with Gasteiger partial charge in [-0.05, 0) is 125 Å². The van der Waals surface area contributed by atoms with Crippen molar-refractivity contribution in [3.8, 4) is 0 Å². The summed E-state index contributed by atoms with van der Waals surface area (Å²) in [5, 5.41) is 29.8. The molecule has 0 bridgehead atoms. The topological polar surface area (TPSA) is 90.5 Å². The molecule has 5 heteroatoms. The minimum atomic E-state index is -0.426. The van der Waals surface area contributed by atoms with Crippen molar-refractivity contribution in [2.45, 2.75) is 130 Å². The second-order valence-corrected chi connectivity index (χ2v) is 15.0. The highest BCUT2D eigenvalue weighted by molar-refractivity contribution is 5.31. The van der Waals surface area contributed by atoms with Crippen LogP contribution in [0.4, 0.5) is 0 Å². The number of fused-ring (bicyclic) bond motifs is 5. The lowest BCUT2D eigenvalue weighted by Gasteiger charge is -2.61. The Labute approximate surface area is 240 Å². The van der Waals surface area contributed by atoms with Gasteiger partial charge in [-0.25, -0.2) is 0 Å². The number of hydrogen-bond donors (Lipinski definition) is 5. The first-order chi connectivity index (χ1) is 18.6. The molecule has 4 rings (SSSR count). The third kappa shape index (κ3) is 6.63. The molecule has 226 valence electrons. The summed E-state index contributed by atoms with van der Waals surface area (Å²) in [4.78, 5) is 0. The lowest BCUT2D eigenvalue weighted by atomic mass is 9.46. The number of nitrogens with two attached hydrogens (primary N) is 1. The van der Waals surface area contributed by atoms with Gasteiger partial charge in [0, 0.05) is 11.5 Å². The smallest absolute Gasteiger partial charge is 0.0627 e. The fraction of sp³-hybridized carbons (Fsp3) is 0.941. The van der Waals surface area contributed by atoms with Gasteiger partial charge in [-0.15, -0.1) is 0 Å². The van der Waals surface area contributed by atoms with Gasteiger partial charge >= 0.3 is 0 Å². The highest BCUT2D eigenvalue weighted by Crippen LogP contribution is 2.67. The maximum absolute atomic E-state index is 11.6. The van der Waals surface area contributed by atoms with E-state index in [1.807, 2.05) is 0 Å². The summed E-state index contributed by atoms with van der Waals surface area (Å²) < 4.78 is 0. The lowest BCUT2D eigenvalue weighted by Crippen LogP contribution is -2.61. The molecule has 0 aromatic carbocycles. The zero-order chi connectivity index (χ0) is 28.2. The monoisotopic (exact) mass is 545 g/mol. The third-order valence-electron chi connectivity index (χ3n) is 12.1. The van der Waals surface area contributed by atoms with E-state index >= 15 is 0 Å². The van der Waals surface area contributed by atoms with Crippen LogP contribution in [0.3, 0.4) is 0 Å². The van der Waals surface area contributed by atoms with Gasteiger partial charge in [0.2, 0.25) is 0 Å². The van der Waals surface area contributed by atoms with Gasteiger partial charge in [0.1, 0.15) is 0 Å². The summed E-state index contributed by atoms with van der Waals surface area (Å²) in [7, 11) is 0. The first-order valence-electron chi connectivity index (χ1n) is 16.8. The Morgan fingerprint density at radius 1 is 0.923 bits per heavy atom. The molecule has 0 radical (unpaired) electrons. The van der Waals surface area contributed by atoms with E-state index < -0.39 is 12.2 Å². The summed E-state index contributed by atoms with van der Waals surface area (Å²) in [6.45, 7) is 16.1. The highest BCUT2D eigenvalue weighted by atomic mass is 16.3. The molecule has 5 nitrogen and oxygen atoms in total. The van der Waals surface area contributed by atoms with E-state index in [2.05, 4.69) is 51.3 Å². The van der Waals surface area contributed by atoms with Crippen molar-refractivity contribution in [2.75, 3.05) is 26.2 Å². The SMILES string of the molecule is CC(C)CCC[C@@H](C)[C@H]1CC[C@H]2C3=C[C@@H](NCCCNCCCCN)C4C[C@@H](O)CC(O)[C@]4(C)[C@H]3CC[C@]12C. The van der Waals surface area contributed by atoms with Crippen LogP contribution >= 0.6 is 0 Å². The number of rotatable bonds is 14. The summed E-state index contributed by atoms with van der Waals surface area (Å²) in [5.74, 6) is 3.82. The molecule has 39 heavy (non-hydrogen) atoms. The number of aliphatic hydroxyl groups excluding tert-OH is 2. The Balaban J connectivity index is 1.49. The predicted octanol–water partition coefficient (Wildman–Crippen LogP) is 5.65. The first kappa shape index (κ1) is 31.5. The van der Waals surface area contributed by atoms with E-state index in [9.17, 15) is 10.2 Å². The van der Waals surface area contributed by atoms with E-state index in [-0.39, 0.29) is 11.5 Å². The summed E-state index contributed by atoms with van der Waals surface area (Å²) in [6.07, 6.45) is 15.7. The Hall–Kier alpha value is -0.460. The lowest BCUT2D eigenvalue weighted by molar-refractivity contribution is -0.133. The van der Waals surface area contributed by atoms with Crippen LogP contribution < -0.4 is 16.4 Å². The molecule has 4 aliphatic carbocycles. The number of unbranched alkanes of at least 4 members (excludes halogenated alkanes) is 1. The molecule has 3 fully saturated rings. The van der Waals surface area contributed by atoms with Crippen molar-refractivity contribution in [1.29, 1.82) is 0 Å². The van der Waals surface area contributed by atoms with Gasteiger partial charge < -0.3 is 26.6 Å². The quantitative estimate of drug-likeness (QED) is 0.144. The zero-order valence-corrected chi connectivity index (χ0v) is 26.1. The minimum Gasteiger partial charge on any atom is -0.393 e. The normalized spacial score (nSPS) is 40.6. The second kappa shape index (κ2) is 13.7. The van der Waals surface area contributed by atoms with Gasteiger partial charge in [0.05, 0.1) is 12.2 Å². The molecule has 0 amide bonds. The molecule has 0 heterocycles. The van der Waals surface area contributed by atoms with Crippen molar-refractivity contribution in [3.05, 3.63) is 11.6 Å². The van der Waals surface area contributed by atoms with Crippen molar-refractivity contribution in [1.82, 2.24) is 10.6 Å². The van der Waals surface area contributed by atoms with Gasteiger partial charge in [-0.2, -0.15) is 0 Å².